The summed E-state index contributed by atoms with van der Waals surface area (Å²) in [4.78, 5) is 80.1. The Bertz CT molecular complexity index is 1360. The van der Waals surface area contributed by atoms with Crippen molar-refractivity contribution in [3.63, 3.8) is 0 Å². The molecule has 3 heterocycles. The molecule has 1 aliphatic rings. The molecule has 2 aromatic rings. The summed E-state index contributed by atoms with van der Waals surface area (Å²) in [7, 11) is 0. The highest BCUT2D eigenvalue weighted by Crippen LogP contribution is 2.35. The van der Waals surface area contributed by atoms with E-state index in [-0.39, 0.29) is 30.1 Å². The Labute approximate surface area is 216 Å². The van der Waals surface area contributed by atoms with Crippen LogP contribution in [-0.4, -0.2) is 67.3 Å². The van der Waals surface area contributed by atoms with Gasteiger partial charge in [0, 0.05) is 34.1 Å². The Morgan fingerprint density at radius 2 is 1.76 bits per heavy atom. The van der Waals surface area contributed by atoms with Gasteiger partial charge < -0.3 is 18.9 Å². The van der Waals surface area contributed by atoms with Crippen LogP contribution in [0.15, 0.2) is 9.59 Å². The van der Waals surface area contributed by atoms with Crippen LogP contribution in [0.2, 0.25) is 0 Å². The van der Waals surface area contributed by atoms with E-state index in [4.69, 9.17) is 18.9 Å². The number of nitrogens with zero attached hydrogens (tertiary/aromatic N) is 3. The fourth-order valence-corrected chi connectivity index (χ4v) is 4.47. The smallest absolute Gasteiger partial charge is 0.332 e. The third-order valence-corrected chi connectivity index (χ3v) is 5.72. The van der Waals surface area contributed by atoms with E-state index in [1.165, 1.54) is 27.7 Å². The summed E-state index contributed by atoms with van der Waals surface area (Å²) in [6.07, 6.45) is -4.04. The van der Waals surface area contributed by atoms with Gasteiger partial charge in [0.25, 0.3) is 5.56 Å². The highest BCUT2D eigenvalue weighted by Gasteiger charge is 2.45. The standard InChI is InChI=1S/C23H31N5O10/c1-7-15(36-13(5)31)16-8-17(37-14(6)32)21(38-16)28-19-18(20(33)26-22(25-19)24-11(3)29)27(23(28)34)9-10(2)35-12(4)30/h10,15-17,21H,7-9H2,1-6H3,(H2,24,25,26,29,33)/t10-,15+,16+,17-,21-/m1/s1. The molecular formula is C23H31N5O10. The van der Waals surface area contributed by atoms with Gasteiger partial charge in [-0.15, -0.1) is 0 Å². The van der Waals surface area contributed by atoms with Crippen molar-refractivity contribution in [2.45, 2.75) is 91.6 Å². The molecule has 1 fully saturated rings. The lowest BCUT2D eigenvalue weighted by atomic mass is 10.1. The highest BCUT2D eigenvalue weighted by molar-refractivity contribution is 5.87. The molecule has 0 radical (unpaired) electrons. The Balaban J connectivity index is 2.21. The van der Waals surface area contributed by atoms with Crippen LogP contribution in [0.4, 0.5) is 5.95 Å². The number of imidazole rings is 1. The number of anilines is 1. The zero-order chi connectivity index (χ0) is 28.3. The molecule has 1 aliphatic heterocycles. The van der Waals surface area contributed by atoms with E-state index in [1.807, 2.05) is 0 Å². The number of H-pyrrole nitrogens is 1. The van der Waals surface area contributed by atoms with Gasteiger partial charge in [-0.25, -0.2) is 9.36 Å². The summed E-state index contributed by atoms with van der Waals surface area (Å²) in [6.45, 7) is 7.98. The lowest BCUT2D eigenvalue weighted by Crippen LogP contribution is -2.35. The summed E-state index contributed by atoms with van der Waals surface area (Å²) in [5.74, 6) is -2.50. The van der Waals surface area contributed by atoms with E-state index >= 15 is 0 Å². The molecular weight excluding hydrogens is 506 g/mol. The first-order valence-electron chi connectivity index (χ1n) is 12.0. The number of aromatic nitrogens is 4. The fraction of sp³-hybridized carbons (Fsp3) is 0.609. The molecule has 0 unspecified atom stereocenters. The summed E-state index contributed by atoms with van der Waals surface area (Å²) in [5.41, 5.74) is -1.86. The minimum absolute atomic E-state index is 0.0841. The average molecular weight is 538 g/mol. The predicted octanol–water partition coefficient (Wildman–Crippen LogP) is 0.357. The van der Waals surface area contributed by atoms with Crippen molar-refractivity contribution >= 4 is 40.9 Å². The Morgan fingerprint density at radius 3 is 2.32 bits per heavy atom. The van der Waals surface area contributed by atoms with Gasteiger partial charge in [-0.1, -0.05) is 6.92 Å². The molecule has 0 aromatic carbocycles. The number of hydrogen-bond acceptors (Lipinski definition) is 11. The van der Waals surface area contributed by atoms with Crippen molar-refractivity contribution in [2.24, 2.45) is 0 Å². The summed E-state index contributed by atoms with van der Waals surface area (Å²) < 4.78 is 24.2. The number of esters is 3. The Hall–Kier alpha value is -4.01. The van der Waals surface area contributed by atoms with Gasteiger partial charge in [-0.2, -0.15) is 4.98 Å². The monoisotopic (exact) mass is 537 g/mol. The number of fused-ring (bicyclic) bond motifs is 1. The van der Waals surface area contributed by atoms with E-state index in [2.05, 4.69) is 15.3 Å². The van der Waals surface area contributed by atoms with E-state index in [0.717, 1.165) is 9.13 Å². The van der Waals surface area contributed by atoms with Crippen LogP contribution in [-0.2, 0) is 44.7 Å². The summed E-state index contributed by atoms with van der Waals surface area (Å²) in [5, 5.41) is 2.37. The van der Waals surface area contributed by atoms with E-state index in [0.29, 0.717) is 6.42 Å². The van der Waals surface area contributed by atoms with Gasteiger partial charge >= 0.3 is 23.6 Å². The molecule has 5 atom stereocenters. The molecule has 208 valence electrons. The van der Waals surface area contributed by atoms with Gasteiger partial charge in [0.15, 0.2) is 17.4 Å². The van der Waals surface area contributed by atoms with Crippen molar-refractivity contribution in [3.05, 3.63) is 20.8 Å². The zero-order valence-electron chi connectivity index (χ0n) is 21.9. The van der Waals surface area contributed by atoms with Crippen molar-refractivity contribution in [3.8, 4) is 0 Å². The third kappa shape index (κ3) is 6.27. The lowest BCUT2D eigenvalue weighted by molar-refractivity contribution is -0.158. The molecule has 2 N–H and O–H groups in total. The fourth-order valence-electron chi connectivity index (χ4n) is 4.47. The molecule has 15 nitrogen and oxygen atoms in total. The van der Waals surface area contributed by atoms with Crippen molar-refractivity contribution in [1.82, 2.24) is 19.1 Å². The van der Waals surface area contributed by atoms with Crippen molar-refractivity contribution < 1.29 is 38.1 Å². The molecule has 15 heteroatoms. The number of aromatic amines is 1. The number of carbonyl (C=O) groups is 4. The second kappa shape index (κ2) is 11.6. The largest absolute Gasteiger partial charge is 0.461 e. The van der Waals surface area contributed by atoms with Gasteiger partial charge in [0.1, 0.15) is 24.4 Å². The molecule has 0 spiro atoms. The van der Waals surface area contributed by atoms with Gasteiger partial charge in [0.2, 0.25) is 11.9 Å². The SMILES string of the molecule is CC[C@H](OC(C)=O)[C@@H]1C[C@@H](OC(C)=O)[C@H](n2c(=O)n(C[C@@H](C)OC(C)=O)c3c(=O)[nH]c(NC(C)=O)nc32)O1. The van der Waals surface area contributed by atoms with Gasteiger partial charge in [0.05, 0.1) is 6.54 Å². The van der Waals surface area contributed by atoms with Crippen molar-refractivity contribution in [1.29, 1.82) is 0 Å². The first-order valence-corrected chi connectivity index (χ1v) is 12.0. The Morgan fingerprint density at radius 1 is 1.11 bits per heavy atom. The maximum atomic E-state index is 13.7. The average Bonchev–Trinajstić information content (AvgIpc) is 3.28. The van der Waals surface area contributed by atoms with Crippen LogP contribution >= 0.6 is 0 Å². The Kier molecular flexibility index (Phi) is 8.70. The quantitative estimate of drug-likeness (QED) is 0.332. The minimum Gasteiger partial charge on any atom is -0.461 e. The van der Waals surface area contributed by atoms with Crippen LogP contribution in [0.5, 0.6) is 0 Å². The maximum absolute atomic E-state index is 13.7. The number of ether oxygens (including phenoxy) is 4. The topological polar surface area (TPSA) is 190 Å². The normalized spacial score (nSPS) is 20.5. The number of nitrogens with one attached hydrogen (secondary N) is 2. The first kappa shape index (κ1) is 28.6. The van der Waals surface area contributed by atoms with E-state index in [1.54, 1.807) is 13.8 Å². The number of amides is 1. The van der Waals surface area contributed by atoms with Crippen LogP contribution in [0.1, 0.15) is 60.6 Å². The third-order valence-electron chi connectivity index (χ3n) is 5.72. The lowest BCUT2D eigenvalue weighted by Gasteiger charge is -2.22. The summed E-state index contributed by atoms with van der Waals surface area (Å²) >= 11 is 0. The van der Waals surface area contributed by atoms with Crippen LogP contribution < -0.4 is 16.6 Å². The number of rotatable bonds is 9. The second-order valence-corrected chi connectivity index (χ2v) is 8.96. The zero-order valence-corrected chi connectivity index (χ0v) is 21.9. The van der Waals surface area contributed by atoms with Crippen LogP contribution in [0.25, 0.3) is 11.2 Å². The number of carbonyl (C=O) groups excluding carboxylic acids is 4. The molecule has 1 amide bonds. The van der Waals surface area contributed by atoms with Crippen LogP contribution in [0.3, 0.4) is 0 Å². The number of hydrogen-bond donors (Lipinski definition) is 2. The highest BCUT2D eigenvalue weighted by atomic mass is 16.6. The van der Waals surface area contributed by atoms with Gasteiger partial charge in [-0.05, 0) is 13.3 Å². The minimum atomic E-state index is -1.26. The second-order valence-electron chi connectivity index (χ2n) is 8.96. The molecule has 0 bridgehead atoms. The van der Waals surface area contributed by atoms with E-state index < -0.39 is 65.7 Å². The molecule has 0 aliphatic carbocycles. The maximum Gasteiger partial charge on any atom is 0.332 e. The van der Waals surface area contributed by atoms with Crippen molar-refractivity contribution in [2.75, 3.05) is 5.32 Å². The molecule has 0 saturated carbocycles. The molecule has 1 saturated heterocycles. The molecule has 2 aromatic heterocycles. The molecule has 38 heavy (non-hydrogen) atoms. The predicted molar refractivity (Wildman–Crippen MR) is 130 cm³/mol. The van der Waals surface area contributed by atoms with E-state index in [9.17, 15) is 28.8 Å². The summed E-state index contributed by atoms with van der Waals surface area (Å²) in [6, 6.07) is 0. The van der Waals surface area contributed by atoms with Crippen LogP contribution in [0, 0.1) is 0 Å². The van der Waals surface area contributed by atoms with Gasteiger partial charge in [-0.3, -0.25) is 38.8 Å². The molecule has 3 rings (SSSR count). The first-order chi connectivity index (χ1) is 17.8.